The first-order valence-corrected chi connectivity index (χ1v) is 6.65. The van der Waals surface area contributed by atoms with Crippen LogP contribution in [0.5, 0.6) is 0 Å². The number of amides is 1. The molecule has 1 aliphatic rings. The molecule has 98 valence electrons. The molecule has 1 heterocycles. The second-order valence-corrected chi connectivity index (χ2v) is 5.31. The molecule has 1 atom stereocenters. The molecule has 18 heavy (non-hydrogen) atoms. The van der Waals surface area contributed by atoms with Crippen LogP contribution in [0.2, 0.25) is 0 Å². The van der Waals surface area contributed by atoms with Crippen molar-refractivity contribution in [3.05, 3.63) is 34.1 Å². The molecule has 2 rings (SSSR count). The topological polar surface area (TPSA) is 29.5 Å². The van der Waals surface area contributed by atoms with E-state index >= 15 is 0 Å². The van der Waals surface area contributed by atoms with E-state index < -0.39 is 5.82 Å². The van der Waals surface area contributed by atoms with Crippen LogP contribution in [0.1, 0.15) is 16.8 Å². The standard InChI is InChI=1S/C13H15BrFNO2/c1-18-8-9-5-6-16(7-9)13(17)12-10(14)3-2-4-11(12)15/h2-4,9H,5-8H2,1H3. The van der Waals surface area contributed by atoms with Crippen molar-refractivity contribution in [2.45, 2.75) is 6.42 Å². The highest BCUT2D eigenvalue weighted by atomic mass is 79.9. The molecule has 1 unspecified atom stereocenters. The van der Waals surface area contributed by atoms with E-state index in [-0.39, 0.29) is 11.5 Å². The number of ether oxygens (including phenoxy) is 1. The van der Waals surface area contributed by atoms with Gasteiger partial charge in [-0.15, -0.1) is 0 Å². The van der Waals surface area contributed by atoms with Gasteiger partial charge in [0.25, 0.3) is 5.91 Å². The third-order valence-corrected chi connectivity index (χ3v) is 3.81. The molecule has 0 N–H and O–H groups in total. The number of hydrogen-bond donors (Lipinski definition) is 0. The number of halogens is 2. The van der Waals surface area contributed by atoms with Crippen LogP contribution in [0, 0.1) is 11.7 Å². The maximum Gasteiger partial charge on any atom is 0.257 e. The van der Waals surface area contributed by atoms with Gasteiger partial charge in [-0.25, -0.2) is 4.39 Å². The third kappa shape index (κ3) is 2.72. The number of likely N-dealkylation sites (tertiary alicyclic amines) is 1. The van der Waals surface area contributed by atoms with E-state index in [1.54, 1.807) is 24.1 Å². The summed E-state index contributed by atoms with van der Waals surface area (Å²) in [6.07, 6.45) is 0.908. The molecule has 1 saturated heterocycles. The van der Waals surface area contributed by atoms with Gasteiger partial charge in [0.05, 0.1) is 12.2 Å². The number of methoxy groups -OCH3 is 1. The van der Waals surface area contributed by atoms with Crippen molar-refractivity contribution in [1.29, 1.82) is 0 Å². The largest absolute Gasteiger partial charge is 0.384 e. The molecule has 5 heteroatoms. The smallest absolute Gasteiger partial charge is 0.257 e. The summed E-state index contributed by atoms with van der Waals surface area (Å²) >= 11 is 3.23. The average molecular weight is 316 g/mol. The van der Waals surface area contributed by atoms with Gasteiger partial charge in [0.2, 0.25) is 0 Å². The van der Waals surface area contributed by atoms with E-state index in [9.17, 15) is 9.18 Å². The second kappa shape index (κ2) is 5.80. The first-order chi connectivity index (χ1) is 8.63. The molecule has 0 radical (unpaired) electrons. The highest BCUT2D eigenvalue weighted by Gasteiger charge is 2.29. The van der Waals surface area contributed by atoms with E-state index in [1.807, 2.05) is 0 Å². The Labute approximate surface area is 114 Å². The summed E-state index contributed by atoms with van der Waals surface area (Å²) in [5.74, 6) is -0.382. The van der Waals surface area contributed by atoms with Crippen molar-refractivity contribution in [2.75, 3.05) is 26.8 Å². The summed E-state index contributed by atoms with van der Waals surface area (Å²) in [4.78, 5) is 13.9. The number of benzene rings is 1. The summed E-state index contributed by atoms with van der Waals surface area (Å²) < 4.78 is 19.3. The maximum absolute atomic E-state index is 13.7. The first-order valence-electron chi connectivity index (χ1n) is 5.85. The van der Waals surface area contributed by atoms with E-state index in [0.717, 1.165) is 6.42 Å². The Morgan fingerprint density at radius 3 is 3.06 bits per heavy atom. The number of carbonyl (C=O) groups is 1. The molecule has 1 amide bonds. The van der Waals surface area contributed by atoms with Gasteiger partial charge in [-0.1, -0.05) is 6.07 Å². The number of nitrogens with zero attached hydrogens (tertiary/aromatic N) is 1. The van der Waals surface area contributed by atoms with Crippen molar-refractivity contribution in [3.8, 4) is 0 Å². The van der Waals surface area contributed by atoms with Crippen LogP contribution < -0.4 is 0 Å². The van der Waals surface area contributed by atoms with Crippen molar-refractivity contribution in [1.82, 2.24) is 4.90 Å². The highest BCUT2D eigenvalue weighted by Crippen LogP contribution is 2.25. The summed E-state index contributed by atoms with van der Waals surface area (Å²) in [6, 6.07) is 4.56. The Bertz CT molecular complexity index is 432. The lowest BCUT2D eigenvalue weighted by atomic mass is 10.1. The lowest BCUT2D eigenvalue weighted by Crippen LogP contribution is -2.30. The van der Waals surface area contributed by atoms with Gasteiger partial charge in [-0.05, 0) is 34.5 Å². The molecule has 0 aromatic heterocycles. The van der Waals surface area contributed by atoms with Crippen LogP contribution in [0.15, 0.2) is 22.7 Å². The zero-order valence-electron chi connectivity index (χ0n) is 10.2. The molecule has 1 fully saturated rings. The summed E-state index contributed by atoms with van der Waals surface area (Å²) in [5, 5.41) is 0. The fourth-order valence-electron chi connectivity index (χ4n) is 2.25. The maximum atomic E-state index is 13.7. The Morgan fingerprint density at radius 2 is 2.39 bits per heavy atom. The molecule has 0 saturated carbocycles. The van der Waals surface area contributed by atoms with Crippen molar-refractivity contribution in [3.63, 3.8) is 0 Å². The average Bonchev–Trinajstić information content (AvgIpc) is 2.78. The van der Waals surface area contributed by atoms with Gasteiger partial charge >= 0.3 is 0 Å². The quantitative estimate of drug-likeness (QED) is 0.858. The minimum absolute atomic E-state index is 0.121. The Balaban J connectivity index is 2.13. The SMILES string of the molecule is COCC1CCN(C(=O)c2c(F)cccc2Br)C1. The fraction of sp³-hybridized carbons (Fsp3) is 0.462. The van der Waals surface area contributed by atoms with Crippen molar-refractivity contribution >= 4 is 21.8 Å². The van der Waals surface area contributed by atoms with E-state index in [4.69, 9.17) is 4.74 Å². The highest BCUT2D eigenvalue weighted by molar-refractivity contribution is 9.10. The van der Waals surface area contributed by atoms with Gasteiger partial charge in [0, 0.05) is 30.6 Å². The normalized spacial score (nSPS) is 19.3. The Kier molecular flexibility index (Phi) is 4.35. The van der Waals surface area contributed by atoms with Crippen LogP contribution >= 0.6 is 15.9 Å². The van der Waals surface area contributed by atoms with Crippen LogP contribution in [-0.2, 0) is 4.74 Å². The summed E-state index contributed by atoms with van der Waals surface area (Å²) in [5.41, 5.74) is 0.121. The molecular weight excluding hydrogens is 301 g/mol. The Morgan fingerprint density at radius 1 is 1.61 bits per heavy atom. The molecule has 0 spiro atoms. The minimum Gasteiger partial charge on any atom is -0.384 e. The number of hydrogen-bond acceptors (Lipinski definition) is 2. The lowest BCUT2D eigenvalue weighted by Gasteiger charge is -2.17. The zero-order valence-corrected chi connectivity index (χ0v) is 11.7. The van der Waals surface area contributed by atoms with Crippen LogP contribution in [0.4, 0.5) is 4.39 Å². The van der Waals surface area contributed by atoms with E-state index in [1.165, 1.54) is 6.07 Å². The fourth-order valence-corrected chi connectivity index (χ4v) is 2.76. The van der Waals surface area contributed by atoms with Gasteiger partial charge in [0.1, 0.15) is 5.82 Å². The molecule has 0 aliphatic carbocycles. The predicted molar refractivity (Wildman–Crippen MR) is 70.0 cm³/mol. The van der Waals surface area contributed by atoms with Gasteiger partial charge in [-0.3, -0.25) is 4.79 Å². The molecule has 1 aromatic rings. The first kappa shape index (κ1) is 13.5. The molecule has 1 aliphatic heterocycles. The zero-order chi connectivity index (χ0) is 13.1. The van der Waals surface area contributed by atoms with Gasteiger partial charge < -0.3 is 9.64 Å². The number of rotatable bonds is 3. The predicted octanol–water partition coefficient (Wildman–Crippen LogP) is 2.70. The molecular formula is C13H15BrFNO2. The minimum atomic E-state index is -0.482. The summed E-state index contributed by atoms with van der Waals surface area (Å²) in [6.45, 7) is 1.93. The van der Waals surface area contributed by atoms with Crippen molar-refractivity contribution < 1.29 is 13.9 Å². The monoisotopic (exact) mass is 315 g/mol. The van der Waals surface area contributed by atoms with Crippen LogP contribution in [-0.4, -0.2) is 37.6 Å². The molecule has 0 bridgehead atoms. The van der Waals surface area contributed by atoms with E-state index in [2.05, 4.69) is 15.9 Å². The number of carbonyl (C=O) groups excluding carboxylic acids is 1. The molecule has 1 aromatic carbocycles. The van der Waals surface area contributed by atoms with Gasteiger partial charge in [0.15, 0.2) is 0 Å². The Hall–Kier alpha value is -0.940. The summed E-state index contributed by atoms with van der Waals surface area (Å²) in [7, 11) is 1.65. The van der Waals surface area contributed by atoms with Crippen molar-refractivity contribution in [2.24, 2.45) is 5.92 Å². The van der Waals surface area contributed by atoms with Gasteiger partial charge in [-0.2, -0.15) is 0 Å². The second-order valence-electron chi connectivity index (χ2n) is 4.46. The van der Waals surface area contributed by atoms with Crippen LogP contribution in [0.3, 0.4) is 0 Å². The lowest BCUT2D eigenvalue weighted by molar-refractivity contribution is 0.0770. The van der Waals surface area contributed by atoms with Crippen LogP contribution in [0.25, 0.3) is 0 Å². The van der Waals surface area contributed by atoms with E-state index in [0.29, 0.717) is 30.1 Å². The third-order valence-electron chi connectivity index (χ3n) is 3.15. The molecule has 3 nitrogen and oxygen atoms in total.